The summed E-state index contributed by atoms with van der Waals surface area (Å²) in [4.78, 5) is 27.5. The van der Waals surface area contributed by atoms with E-state index in [1.165, 1.54) is 24.3 Å². The third kappa shape index (κ3) is 9.20. The molecule has 0 saturated heterocycles. The fourth-order valence-corrected chi connectivity index (χ4v) is 4.70. The number of hydrogen-bond donors (Lipinski definition) is 2. The fourth-order valence-electron chi connectivity index (χ4n) is 4.70. The second kappa shape index (κ2) is 15.9. The highest BCUT2D eigenvalue weighted by Gasteiger charge is 2.18. The van der Waals surface area contributed by atoms with Crippen LogP contribution in [0.15, 0.2) is 133 Å². The summed E-state index contributed by atoms with van der Waals surface area (Å²) in [6, 6.07) is 36.2. The summed E-state index contributed by atoms with van der Waals surface area (Å²) in [7, 11) is 0. The lowest BCUT2D eigenvalue weighted by atomic mass is 10.0. The van der Waals surface area contributed by atoms with E-state index >= 15 is 0 Å². The van der Waals surface area contributed by atoms with Crippen LogP contribution in [0.3, 0.4) is 0 Å². The Bertz CT molecular complexity index is 1760. The van der Waals surface area contributed by atoms with Crippen LogP contribution in [-0.4, -0.2) is 25.0 Å². The van der Waals surface area contributed by atoms with E-state index in [-0.39, 0.29) is 22.6 Å². The molecule has 242 valence electrons. The Labute approximate surface area is 274 Å². The Morgan fingerprint density at radius 1 is 0.479 bits per heavy atom. The number of halogens is 4. The predicted octanol–water partition coefficient (Wildman–Crippen LogP) is 9.25. The smallest absolute Gasteiger partial charge is 0.387 e. The van der Waals surface area contributed by atoms with Crippen molar-refractivity contribution in [3.63, 3.8) is 0 Å². The van der Waals surface area contributed by atoms with Crippen molar-refractivity contribution < 1.29 is 36.6 Å². The van der Waals surface area contributed by atoms with E-state index in [1.807, 2.05) is 12.1 Å². The van der Waals surface area contributed by atoms with Crippen LogP contribution < -0.4 is 20.1 Å². The number of ether oxygens (including phenoxy) is 2. The first-order valence-electron chi connectivity index (χ1n) is 14.6. The van der Waals surface area contributed by atoms with Gasteiger partial charge in [-0.3, -0.25) is 9.59 Å². The van der Waals surface area contributed by atoms with E-state index in [0.29, 0.717) is 33.6 Å². The highest BCUT2D eigenvalue weighted by atomic mass is 19.3. The Hall–Kier alpha value is -6.16. The molecule has 0 radical (unpaired) electrons. The van der Waals surface area contributed by atoms with Gasteiger partial charge in [-0.2, -0.15) is 17.6 Å². The molecule has 0 aromatic heterocycles. The number of para-hydroxylation sites is 2. The SMILES string of the molecule is O=C(Nc1ccccc1NC(=O)C(=Cc1ccc(OC(F)F)cc1)c1ccccc1)C(=Cc1ccc(OC(F)F)cc1)c1ccccc1. The van der Waals surface area contributed by atoms with Crippen molar-refractivity contribution in [2.24, 2.45) is 0 Å². The van der Waals surface area contributed by atoms with Gasteiger partial charge < -0.3 is 20.1 Å². The second-order valence-electron chi connectivity index (χ2n) is 10.2. The van der Waals surface area contributed by atoms with Crippen molar-refractivity contribution >= 4 is 46.5 Å². The zero-order chi connectivity index (χ0) is 33.9. The van der Waals surface area contributed by atoms with Crippen molar-refractivity contribution in [1.82, 2.24) is 0 Å². The highest BCUT2D eigenvalue weighted by molar-refractivity contribution is 6.31. The van der Waals surface area contributed by atoms with Gasteiger partial charge in [-0.05, 0) is 70.8 Å². The number of hydrogen-bond acceptors (Lipinski definition) is 4. The number of nitrogens with one attached hydrogen (secondary N) is 2. The minimum Gasteiger partial charge on any atom is -0.435 e. The molecule has 0 fully saturated rings. The fraction of sp³-hybridized carbons (Fsp3) is 0.0526. The molecule has 5 rings (SSSR count). The van der Waals surface area contributed by atoms with Crippen LogP contribution >= 0.6 is 0 Å². The monoisotopic (exact) mass is 652 g/mol. The summed E-state index contributed by atoms with van der Waals surface area (Å²) in [6.07, 6.45) is 3.23. The van der Waals surface area contributed by atoms with Crippen LogP contribution in [0.5, 0.6) is 11.5 Å². The van der Waals surface area contributed by atoms with Crippen molar-refractivity contribution in [3.05, 3.63) is 156 Å². The summed E-state index contributed by atoms with van der Waals surface area (Å²) < 4.78 is 59.3. The summed E-state index contributed by atoms with van der Waals surface area (Å²) >= 11 is 0. The molecular weight excluding hydrogens is 624 g/mol. The molecule has 0 aliphatic carbocycles. The lowest BCUT2D eigenvalue weighted by Gasteiger charge is -2.15. The molecule has 0 spiro atoms. The summed E-state index contributed by atoms with van der Waals surface area (Å²) in [5.41, 5.74) is 3.54. The average Bonchev–Trinajstić information content (AvgIpc) is 3.08. The molecule has 10 heteroatoms. The van der Waals surface area contributed by atoms with E-state index in [0.717, 1.165) is 0 Å². The number of benzene rings is 5. The summed E-state index contributed by atoms with van der Waals surface area (Å²) in [5, 5.41) is 5.76. The van der Waals surface area contributed by atoms with E-state index in [1.54, 1.807) is 109 Å². The van der Waals surface area contributed by atoms with Crippen LogP contribution in [0, 0.1) is 0 Å². The molecule has 0 aliphatic rings. The van der Waals surface area contributed by atoms with Gasteiger partial charge in [0, 0.05) is 11.1 Å². The largest absolute Gasteiger partial charge is 0.435 e. The zero-order valence-electron chi connectivity index (χ0n) is 25.2. The maximum Gasteiger partial charge on any atom is 0.387 e. The topological polar surface area (TPSA) is 76.7 Å². The molecule has 5 aromatic rings. The van der Waals surface area contributed by atoms with E-state index < -0.39 is 25.0 Å². The quantitative estimate of drug-likeness (QED) is 0.0801. The van der Waals surface area contributed by atoms with Crippen LogP contribution in [0.25, 0.3) is 23.3 Å². The first kappa shape index (κ1) is 33.2. The first-order chi connectivity index (χ1) is 23.2. The molecule has 0 atom stereocenters. The molecule has 0 unspecified atom stereocenters. The molecule has 5 aromatic carbocycles. The van der Waals surface area contributed by atoms with Crippen LogP contribution in [0.2, 0.25) is 0 Å². The van der Waals surface area contributed by atoms with Gasteiger partial charge >= 0.3 is 13.2 Å². The van der Waals surface area contributed by atoms with Gasteiger partial charge in [-0.25, -0.2) is 0 Å². The van der Waals surface area contributed by atoms with Gasteiger partial charge in [0.2, 0.25) is 0 Å². The number of alkyl halides is 4. The van der Waals surface area contributed by atoms with Crippen molar-refractivity contribution in [3.8, 4) is 11.5 Å². The normalized spacial score (nSPS) is 11.7. The molecule has 6 nitrogen and oxygen atoms in total. The molecule has 0 saturated carbocycles. The first-order valence-corrected chi connectivity index (χ1v) is 14.6. The molecule has 0 heterocycles. The van der Waals surface area contributed by atoms with Crippen LogP contribution in [0.4, 0.5) is 28.9 Å². The average molecular weight is 653 g/mol. The number of anilines is 2. The third-order valence-corrected chi connectivity index (χ3v) is 6.91. The standard InChI is InChI=1S/C38H28F4N2O4/c39-37(40)47-29-19-15-25(16-20-29)23-31(27-9-3-1-4-10-27)35(45)43-33-13-7-8-14-34(33)44-36(46)32(28-11-5-2-6-12-28)24-26-17-21-30(22-18-26)48-38(41)42/h1-24,37-38H,(H,43,45)(H,44,46). The van der Waals surface area contributed by atoms with Gasteiger partial charge in [0.15, 0.2) is 0 Å². The Kier molecular flexibility index (Phi) is 11.0. The molecule has 2 amide bonds. The van der Waals surface area contributed by atoms with Gasteiger partial charge in [-0.1, -0.05) is 97.1 Å². The van der Waals surface area contributed by atoms with Crippen molar-refractivity contribution in [2.75, 3.05) is 10.6 Å². The lowest BCUT2D eigenvalue weighted by molar-refractivity contribution is -0.112. The zero-order valence-corrected chi connectivity index (χ0v) is 25.2. The number of carbonyl (C=O) groups excluding carboxylic acids is 2. The Morgan fingerprint density at radius 3 is 1.15 bits per heavy atom. The van der Waals surface area contributed by atoms with E-state index in [2.05, 4.69) is 20.1 Å². The molecule has 48 heavy (non-hydrogen) atoms. The van der Waals surface area contributed by atoms with Gasteiger partial charge in [0.25, 0.3) is 11.8 Å². The van der Waals surface area contributed by atoms with E-state index in [4.69, 9.17) is 0 Å². The van der Waals surface area contributed by atoms with Gasteiger partial charge in [-0.15, -0.1) is 0 Å². The third-order valence-electron chi connectivity index (χ3n) is 6.91. The number of rotatable bonds is 12. The molecule has 0 bridgehead atoms. The summed E-state index contributed by atoms with van der Waals surface area (Å²) in [5.74, 6) is -1.00. The van der Waals surface area contributed by atoms with Crippen molar-refractivity contribution in [2.45, 2.75) is 13.2 Å². The number of carbonyl (C=O) groups is 2. The molecule has 0 aliphatic heterocycles. The maximum atomic E-state index is 13.8. The number of amides is 2. The molecule has 2 N–H and O–H groups in total. The minimum atomic E-state index is -2.96. The maximum absolute atomic E-state index is 13.8. The highest BCUT2D eigenvalue weighted by Crippen LogP contribution is 2.28. The lowest BCUT2D eigenvalue weighted by Crippen LogP contribution is -2.18. The Morgan fingerprint density at radius 2 is 0.812 bits per heavy atom. The van der Waals surface area contributed by atoms with Crippen LogP contribution in [-0.2, 0) is 9.59 Å². The van der Waals surface area contributed by atoms with Crippen molar-refractivity contribution in [1.29, 1.82) is 0 Å². The van der Waals surface area contributed by atoms with E-state index in [9.17, 15) is 27.2 Å². The minimum absolute atomic E-state index is 0.0146. The molecular formula is C38H28F4N2O4. The van der Waals surface area contributed by atoms with Gasteiger partial charge in [0.05, 0.1) is 11.4 Å². The Balaban J connectivity index is 1.42. The van der Waals surface area contributed by atoms with Crippen LogP contribution in [0.1, 0.15) is 22.3 Å². The second-order valence-corrected chi connectivity index (χ2v) is 10.2. The predicted molar refractivity (Wildman–Crippen MR) is 178 cm³/mol. The summed E-state index contributed by atoms with van der Waals surface area (Å²) in [6.45, 7) is -5.92. The van der Waals surface area contributed by atoms with Gasteiger partial charge in [0.1, 0.15) is 11.5 Å².